The average molecular weight is 496 g/mol. The van der Waals surface area contributed by atoms with Crippen LogP contribution < -0.4 is 10.2 Å². The topological polar surface area (TPSA) is 86.8 Å². The van der Waals surface area contributed by atoms with Crippen molar-refractivity contribution in [3.8, 4) is 0 Å². The zero-order valence-corrected chi connectivity index (χ0v) is 21.2. The maximum Gasteiger partial charge on any atom is 0.243 e. The summed E-state index contributed by atoms with van der Waals surface area (Å²) >= 11 is 0. The summed E-state index contributed by atoms with van der Waals surface area (Å²) in [5.74, 6) is 0.0166. The molecule has 1 N–H and O–H groups in total. The number of carbonyl (C=O) groups excluding carboxylic acids is 2. The molecule has 0 bridgehead atoms. The number of piperidine rings is 1. The standard InChI is InChI=1S/C27H33N3O4S/c1-3-19-4-8-23(9-5-19)28-26(31)20-12-14-29(15-13-20)35(33,34)24-10-11-25-22(17-24)16-18(2)30(25)27(32)21-6-7-21/h4-5,8-11,17-18,20-21H,3,6-7,12-16H2,1-2H3,(H,28,31)/t18-/m0/s1. The zero-order chi connectivity index (χ0) is 24.7. The number of amides is 2. The molecule has 0 aromatic heterocycles. The summed E-state index contributed by atoms with van der Waals surface area (Å²) in [6.07, 6.45) is 4.49. The first kappa shape index (κ1) is 24.0. The van der Waals surface area contributed by atoms with Crippen molar-refractivity contribution in [2.75, 3.05) is 23.3 Å². The summed E-state index contributed by atoms with van der Waals surface area (Å²) in [4.78, 5) is 27.6. The minimum atomic E-state index is -3.66. The molecule has 2 heterocycles. The van der Waals surface area contributed by atoms with E-state index in [2.05, 4.69) is 12.2 Å². The summed E-state index contributed by atoms with van der Waals surface area (Å²) in [5.41, 5.74) is 3.74. The lowest BCUT2D eigenvalue weighted by molar-refractivity contribution is -0.121. The molecule has 8 heteroatoms. The number of nitrogens with zero attached hydrogens (tertiary/aromatic N) is 2. The second-order valence-corrected chi connectivity index (χ2v) is 12.0. The Morgan fingerprint density at radius 2 is 1.66 bits per heavy atom. The van der Waals surface area contributed by atoms with Crippen LogP contribution in [0.5, 0.6) is 0 Å². The fourth-order valence-electron chi connectivity index (χ4n) is 5.21. The van der Waals surface area contributed by atoms with Gasteiger partial charge in [0.25, 0.3) is 0 Å². The van der Waals surface area contributed by atoms with Crippen LogP contribution in [0.3, 0.4) is 0 Å². The van der Waals surface area contributed by atoms with Crippen molar-refractivity contribution in [3.05, 3.63) is 53.6 Å². The van der Waals surface area contributed by atoms with Gasteiger partial charge in [0, 0.05) is 42.3 Å². The fourth-order valence-corrected chi connectivity index (χ4v) is 6.73. The molecule has 0 unspecified atom stereocenters. The van der Waals surface area contributed by atoms with E-state index < -0.39 is 10.0 Å². The quantitative estimate of drug-likeness (QED) is 0.657. The number of aryl methyl sites for hydroxylation is 1. The summed E-state index contributed by atoms with van der Waals surface area (Å²) in [7, 11) is -3.66. The Bertz CT molecular complexity index is 1230. The Labute approximate surface area is 207 Å². The maximum atomic E-state index is 13.4. The Balaban J connectivity index is 1.23. The largest absolute Gasteiger partial charge is 0.326 e. The third kappa shape index (κ3) is 4.74. The van der Waals surface area contributed by atoms with Crippen LogP contribution in [-0.2, 0) is 32.5 Å². The molecule has 2 amide bonds. The number of nitrogens with one attached hydrogen (secondary N) is 1. The molecule has 7 nitrogen and oxygen atoms in total. The van der Waals surface area contributed by atoms with Gasteiger partial charge >= 0.3 is 0 Å². The van der Waals surface area contributed by atoms with Gasteiger partial charge in [-0.25, -0.2) is 8.42 Å². The van der Waals surface area contributed by atoms with E-state index in [0.29, 0.717) is 32.4 Å². The minimum Gasteiger partial charge on any atom is -0.326 e. The third-order valence-corrected chi connectivity index (χ3v) is 9.42. The summed E-state index contributed by atoms with van der Waals surface area (Å²) in [6.45, 7) is 4.73. The van der Waals surface area contributed by atoms with E-state index in [1.165, 1.54) is 9.87 Å². The highest BCUT2D eigenvalue weighted by Gasteiger charge is 2.40. The molecule has 2 fully saturated rings. The number of anilines is 2. The number of hydrogen-bond acceptors (Lipinski definition) is 4. The molecule has 2 aromatic carbocycles. The molecule has 0 radical (unpaired) electrons. The van der Waals surface area contributed by atoms with Crippen molar-refractivity contribution in [3.63, 3.8) is 0 Å². The second kappa shape index (κ2) is 9.39. The zero-order valence-electron chi connectivity index (χ0n) is 20.4. The summed E-state index contributed by atoms with van der Waals surface area (Å²) in [5, 5.41) is 2.97. The van der Waals surface area contributed by atoms with Gasteiger partial charge in [-0.2, -0.15) is 4.31 Å². The van der Waals surface area contributed by atoms with Gasteiger partial charge < -0.3 is 10.2 Å². The Morgan fingerprint density at radius 3 is 2.29 bits per heavy atom. The molecule has 0 spiro atoms. The summed E-state index contributed by atoms with van der Waals surface area (Å²) < 4.78 is 28.2. The van der Waals surface area contributed by atoms with Crippen molar-refractivity contribution >= 4 is 33.2 Å². The van der Waals surface area contributed by atoms with E-state index >= 15 is 0 Å². The first-order valence-corrected chi connectivity index (χ1v) is 14.1. The first-order chi connectivity index (χ1) is 16.8. The number of benzene rings is 2. The Hall–Kier alpha value is -2.71. The van der Waals surface area contributed by atoms with Crippen LogP contribution in [0.1, 0.15) is 50.7 Å². The van der Waals surface area contributed by atoms with Gasteiger partial charge in [0.05, 0.1) is 4.90 Å². The fraction of sp³-hybridized carbons (Fsp3) is 0.481. The number of hydrogen-bond donors (Lipinski definition) is 1. The smallest absolute Gasteiger partial charge is 0.243 e. The molecule has 1 atom stereocenters. The Morgan fingerprint density at radius 1 is 0.971 bits per heavy atom. The first-order valence-electron chi connectivity index (χ1n) is 12.6. The SMILES string of the molecule is CCc1ccc(NC(=O)C2CCN(S(=O)(=O)c3ccc4c(c3)C[C@H](C)N4C(=O)C3CC3)CC2)cc1. The number of sulfonamides is 1. The van der Waals surface area contributed by atoms with Gasteiger partial charge in [-0.3, -0.25) is 9.59 Å². The van der Waals surface area contributed by atoms with Crippen LogP contribution in [-0.4, -0.2) is 43.7 Å². The molecule has 2 aromatic rings. The highest BCUT2D eigenvalue weighted by molar-refractivity contribution is 7.89. The number of carbonyl (C=O) groups is 2. The molecule has 3 aliphatic rings. The predicted molar refractivity (Wildman–Crippen MR) is 136 cm³/mol. The van der Waals surface area contributed by atoms with Crippen LogP contribution in [0.4, 0.5) is 11.4 Å². The Kier molecular flexibility index (Phi) is 6.44. The molecule has 35 heavy (non-hydrogen) atoms. The predicted octanol–water partition coefficient (Wildman–Crippen LogP) is 3.98. The normalized spacial score (nSPS) is 21.1. The van der Waals surface area contributed by atoms with Crippen molar-refractivity contribution < 1.29 is 18.0 Å². The molecule has 2 aliphatic heterocycles. The molecule has 5 rings (SSSR count). The van der Waals surface area contributed by atoms with E-state index in [4.69, 9.17) is 0 Å². The van der Waals surface area contributed by atoms with E-state index in [-0.39, 0.29) is 34.6 Å². The van der Waals surface area contributed by atoms with E-state index in [1.54, 1.807) is 18.2 Å². The van der Waals surface area contributed by atoms with E-state index in [1.807, 2.05) is 36.1 Å². The number of rotatable bonds is 6. The molecular formula is C27H33N3O4S. The van der Waals surface area contributed by atoms with Crippen LogP contribution in [0, 0.1) is 11.8 Å². The lowest BCUT2D eigenvalue weighted by Gasteiger charge is -2.30. The van der Waals surface area contributed by atoms with Crippen LogP contribution in [0.2, 0.25) is 0 Å². The van der Waals surface area contributed by atoms with Crippen LogP contribution in [0.15, 0.2) is 47.4 Å². The van der Waals surface area contributed by atoms with Crippen molar-refractivity contribution in [1.29, 1.82) is 0 Å². The van der Waals surface area contributed by atoms with Crippen LogP contribution in [0.25, 0.3) is 0 Å². The van der Waals surface area contributed by atoms with Gasteiger partial charge in [0.1, 0.15) is 0 Å². The van der Waals surface area contributed by atoms with Crippen molar-refractivity contribution in [2.45, 2.75) is 63.3 Å². The van der Waals surface area contributed by atoms with Gasteiger partial charge in [-0.05, 0) is 86.9 Å². The monoisotopic (exact) mass is 495 g/mol. The molecule has 1 aliphatic carbocycles. The molecular weight excluding hydrogens is 462 g/mol. The molecule has 186 valence electrons. The van der Waals surface area contributed by atoms with Gasteiger partial charge in [-0.15, -0.1) is 0 Å². The van der Waals surface area contributed by atoms with Gasteiger partial charge in [-0.1, -0.05) is 19.1 Å². The lowest BCUT2D eigenvalue weighted by Crippen LogP contribution is -2.41. The molecule has 1 saturated carbocycles. The van der Waals surface area contributed by atoms with E-state index in [9.17, 15) is 18.0 Å². The maximum absolute atomic E-state index is 13.4. The van der Waals surface area contributed by atoms with Crippen LogP contribution >= 0.6 is 0 Å². The minimum absolute atomic E-state index is 0.0449. The van der Waals surface area contributed by atoms with Crippen molar-refractivity contribution in [2.24, 2.45) is 11.8 Å². The summed E-state index contributed by atoms with van der Waals surface area (Å²) in [6, 6.07) is 13.0. The third-order valence-electron chi connectivity index (χ3n) is 7.52. The highest BCUT2D eigenvalue weighted by Crippen LogP contribution is 2.40. The second-order valence-electron chi connectivity index (χ2n) is 10.0. The van der Waals surface area contributed by atoms with Crippen molar-refractivity contribution in [1.82, 2.24) is 4.31 Å². The highest BCUT2D eigenvalue weighted by atomic mass is 32.2. The average Bonchev–Trinajstić information content (AvgIpc) is 3.66. The van der Waals surface area contributed by atoms with Gasteiger partial charge in [0.15, 0.2) is 0 Å². The number of fused-ring (bicyclic) bond motifs is 1. The van der Waals surface area contributed by atoms with E-state index in [0.717, 1.165) is 36.2 Å². The lowest BCUT2D eigenvalue weighted by atomic mass is 9.97. The molecule has 1 saturated heterocycles. The van der Waals surface area contributed by atoms with Gasteiger partial charge in [0.2, 0.25) is 21.8 Å².